The molecule has 1 N–H and O–H groups in total. The number of aryl methyl sites for hydroxylation is 1. The lowest BCUT2D eigenvalue weighted by Crippen LogP contribution is -2.13. The molecule has 0 atom stereocenters. The van der Waals surface area contributed by atoms with E-state index in [1.165, 1.54) is 18.2 Å². The van der Waals surface area contributed by atoms with Gasteiger partial charge < -0.3 is 14.2 Å². The van der Waals surface area contributed by atoms with Crippen LogP contribution in [0.4, 0.5) is 5.69 Å². The molecule has 0 spiro atoms. The minimum atomic E-state index is -4.07. The Morgan fingerprint density at radius 1 is 1.09 bits per heavy atom. The van der Waals surface area contributed by atoms with Gasteiger partial charge in [-0.15, -0.1) is 0 Å². The van der Waals surface area contributed by atoms with Gasteiger partial charge >= 0.3 is 10.1 Å². The Labute approximate surface area is 220 Å². The molecule has 35 heavy (non-hydrogen) atoms. The normalized spacial score (nSPS) is 11.5. The van der Waals surface area contributed by atoms with Crippen LogP contribution in [0.3, 0.4) is 0 Å². The number of anilines is 1. The summed E-state index contributed by atoms with van der Waals surface area (Å²) in [5.41, 5.74) is 1.72. The van der Waals surface area contributed by atoms with Crippen molar-refractivity contribution in [2.45, 2.75) is 18.7 Å². The summed E-state index contributed by atoms with van der Waals surface area (Å²) in [6, 6.07) is 18.1. The Kier molecular flexibility index (Phi) is 8.72. The van der Waals surface area contributed by atoms with Gasteiger partial charge in [0.25, 0.3) is 5.91 Å². The van der Waals surface area contributed by atoms with E-state index in [0.717, 1.165) is 5.56 Å². The van der Waals surface area contributed by atoms with E-state index in [4.69, 9.17) is 8.92 Å². The van der Waals surface area contributed by atoms with Crippen LogP contribution in [0, 0.1) is 18.3 Å². The lowest BCUT2D eigenvalue weighted by atomic mass is 10.1. The van der Waals surface area contributed by atoms with Crippen molar-refractivity contribution in [1.82, 2.24) is 0 Å². The average Bonchev–Trinajstić information content (AvgIpc) is 2.80. The zero-order valence-corrected chi connectivity index (χ0v) is 22.7. The van der Waals surface area contributed by atoms with Gasteiger partial charge in [-0.05, 0) is 93.7 Å². The number of benzene rings is 3. The van der Waals surface area contributed by atoms with Gasteiger partial charge in [0.1, 0.15) is 22.3 Å². The van der Waals surface area contributed by atoms with Crippen LogP contribution in [0.5, 0.6) is 11.5 Å². The number of nitrogens with zero attached hydrogens (tertiary/aromatic N) is 1. The second-order valence-corrected chi connectivity index (χ2v) is 10.5. The van der Waals surface area contributed by atoms with Crippen molar-refractivity contribution in [3.63, 3.8) is 0 Å². The van der Waals surface area contributed by atoms with E-state index in [1.54, 1.807) is 48.5 Å². The van der Waals surface area contributed by atoms with Crippen LogP contribution in [-0.4, -0.2) is 20.9 Å². The van der Waals surface area contributed by atoms with Crippen molar-refractivity contribution >= 4 is 59.6 Å². The number of hydrogen-bond donors (Lipinski definition) is 1. The highest BCUT2D eigenvalue weighted by atomic mass is 79.9. The molecule has 0 aliphatic carbocycles. The number of hydrogen-bond acceptors (Lipinski definition) is 6. The summed E-state index contributed by atoms with van der Waals surface area (Å²) in [6.07, 6.45) is 1.38. The molecule has 3 rings (SSSR count). The molecule has 3 aromatic rings. The fourth-order valence-corrected chi connectivity index (χ4v) is 5.51. The van der Waals surface area contributed by atoms with E-state index >= 15 is 0 Å². The number of carbonyl (C=O) groups is 1. The van der Waals surface area contributed by atoms with Crippen molar-refractivity contribution < 1.29 is 22.1 Å². The molecule has 0 saturated heterocycles. The summed E-state index contributed by atoms with van der Waals surface area (Å²) >= 11 is 6.63. The summed E-state index contributed by atoms with van der Waals surface area (Å²) in [4.78, 5) is 12.7. The first-order valence-corrected chi connectivity index (χ1v) is 13.3. The topological polar surface area (TPSA) is 105 Å². The molecular weight excluding hydrogens is 600 g/mol. The smallest absolute Gasteiger partial charge is 0.339 e. The van der Waals surface area contributed by atoms with Crippen molar-refractivity contribution in [2.24, 2.45) is 0 Å². The molecule has 0 fully saturated rings. The number of carbonyl (C=O) groups excluding carboxylic acids is 1. The van der Waals surface area contributed by atoms with Crippen LogP contribution < -0.4 is 14.2 Å². The maximum atomic E-state index is 12.7. The largest absolute Gasteiger partial charge is 0.494 e. The number of ether oxygens (including phenoxy) is 1. The maximum Gasteiger partial charge on any atom is 0.339 e. The van der Waals surface area contributed by atoms with E-state index < -0.39 is 16.0 Å². The van der Waals surface area contributed by atoms with Crippen LogP contribution in [-0.2, 0) is 14.9 Å². The van der Waals surface area contributed by atoms with Gasteiger partial charge in [-0.25, -0.2) is 0 Å². The van der Waals surface area contributed by atoms with E-state index in [9.17, 15) is 18.5 Å². The fourth-order valence-electron chi connectivity index (χ4n) is 2.95. The summed E-state index contributed by atoms with van der Waals surface area (Å²) in [5.74, 6) is 0.0333. The Balaban J connectivity index is 1.84. The van der Waals surface area contributed by atoms with Gasteiger partial charge in [0.2, 0.25) is 0 Å². The molecule has 1 amide bonds. The summed E-state index contributed by atoms with van der Waals surface area (Å²) in [6.45, 7) is 4.19. The van der Waals surface area contributed by atoms with Gasteiger partial charge in [0.15, 0.2) is 5.75 Å². The lowest BCUT2D eigenvalue weighted by molar-refractivity contribution is -0.112. The molecule has 10 heteroatoms. The van der Waals surface area contributed by atoms with Gasteiger partial charge in [0.05, 0.1) is 15.6 Å². The van der Waals surface area contributed by atoms with E-state index in [1.807, 2.05) is 19.9 Å². The highest BCUT2D eigenvalue weighted by molar-refractivity contribution is 9.11. The van der Waals surface area contributed by atoms with Crippen LogP contribution in [0.25, 0.3) is 6.08 Å². The van der Waals surface area contributed by atoms with Crippen molar-refractivity contribution in [3.05, 3.63) is 86.3 Å². The lowest BCUT2D eigenvalue weighted by Gasteiger charge is -2.12. The van der Waals surface area contributed by atoms with Crippen LogP contribution in [0.1, 0.15) is 18.1 Å². The molecule has 0 aromatic heterocycles. The highest BCUT2D eigenvalue weighted by Crippen LogP contribution is 2.37. The minimum absolute atomic E-state index is 0.0164. The molecule has 180 valence electrons. The molecule has 0 saturated carbocycles. The predicted molar refractivity (Wildman–Crippen MR) is 141 cm³/mol. The molecular formula is C25H20Br2N2O5S. The van der Waals surface area contributed by atoms with Crippen LogP contribution >= 0.6 is 31.9 Å². The first-order chi connectivity index (χ1) is 16.6. The molecule has 7 nitrogen and oxygen atoms in total. The first kappa shape index (κ1) is 26.5. The fraction of sp³-hybridized carbons (Fsp3) is 0.120. The molecule has 0 aliphatic heterocycles. The monoisotopic (exact) mass is 618 g/mol. The zero-order chi connectivity index (χ0) is 25.6. The molecule has 0 unspecified atom stereocenters. The molecule has 0 radical (unpaired) electrons. The summed E-state index contributed by atoms with van der Waals surface area (Å²) in [5, 5.41) is 12.2. The quantitative estimate of drug-likeness (QED) is 0.182. The van der Waals surface area contributed by atoms with E-state index in [2.05, 4.69) is 37.2 Å². The van der Waals surface area contributed by atoms with Gasteiger partial charge in [-0.3, -0.25) is 4.79 Å². The number of nitriles is 1. The Bertz CT molecular complexity index is 1410. The Hall–Kier alpha value is -3.13. The second kappa shape index (κ2) is 11.5. The van der Waals surface area contributed by atoms with Crippen LogP contribution in [0.15, 0.2) is 80.1 Å². The number of halogens is 2. The van der Waals surface area contributed by atoms with Gasteiger partial charge in [-0.2, -0.15) is 13.7 Å². The number of rotatable bonds is 8. The molecule has 0 heterocycles. The van der Waals surface area contributed by atoms with Crippen molar-refractivity contribution in [3.8, 4) is 17.6 Å². The first-order valence-electron chi connectivity index (χ1n) is 10.3. The molecule has 0 aliphatic rings. The van der Waals surface area contributed by atoms with Crippen molar-refractivity contribution in [2.75, 3.05) is 11.9 Å². The van der Waals surface area contributed by atoms with E-state index in [-0.39, 0.29) is 16.2 Å². The summed E-state index contributed by atoms with van der Waals surface area (Å²) in [7, 11) is -4.07. The number of amides is 1. The predicted octanol–water partition coefficient (Wildman–Crippen LogP) is 6.23. The van der Waals surface area contributed by atoms with Gasteiger partial charge in [0, 0.05) is 11.8 Å². The third kappa shape index (κ3) is 6.94. The highest BCUT2D eigenvalue weighted by Gasteiger charge is 2.21. The zero-order valence-electron chi connectivity index (χ0n) is 18.7. The standard InChI is InChI=1S/C25H20Br2N2O5S/c1-3-33-20-6-4-5-19(14-20)29-25(30)18(15-28)11-17-12-22(26)24(23(27)13-17)34-35(31,32)21-9-7-16(2)8-10-21/h4-14H,3H2,1-2H3,(H,29,30)/b18-11+. The average molecular weight is 620 g/mol. The maximum absolute atomic E-state index is 12.7. The van der Waals surface area contributed by atoms with E-state index in [0.29, 0.717) is 32.6 Å². The Morgan fingerprint density at radius 2 is 1.74 bits per heavy atom. The third-order valence-electron chi connectivity index (χ3n) is 4.60. The minimum Gasteiger partial charge on any atom is -0.494 e. The number of nitrogens with one attached hydrogen (secondary N) is 1. The Morgan fingerprint density at radius 3 is 2.34 bits per heavy atom. The molecule has 3 aromatic carbocycles. The van der Waals surface area contributed by atoms with Crippen molar-refractivity contribution in [1.29, 1.82) is 5.26 Å². The SMILES string of the molecule is CCOc1cccc(NC(=O)/C(C#N)=C/c2cc(Br)c(OS(=O)(=O)c3ccc(C)cc3)c(Br)c2)c1. The third-order valence-corrected chi connectivity index (χ3v) is 7.02. The second-order valence-electron chi connectivity index (χ2n) is 7.25. The van der Waals surface area contributed by atoms with Crippen LogP contribution in [0.2, 0.25) is 0 Å². The summed E-state index contributed by atoms with van der Waals surface area (Å²) < 4.78 is 36.7. The van der Waals surface area contributed by atoms with Gasteiger partial charge in [-0.1, -0.05) is 23.8 Å². The molecule has 0 bridgehead atoms.